The Balaban J connectivity index is 2.31. The van der Waals surface area contributed by atoms with Crippen molar-refractivity contribution in [1.29, 1.82) is 0 Å². The molecule has 7 heteroatoms. The maximum absolute atomic E-state index is 10.2. The Hall–Kier alpha value is -1.89. The Bertz CT molecular complexity index is 360. The lowest BCUT2D eigenvalue weighted by Gasteiger charge is -1.98. The summed E-state index contributed by atoms with van der Waals surface area (Å²) in [5.41, 5.74) is 0. The standard InChI is InChI=1S/C8H10N2O5/c11-8(12)3-4-9-5-6-1-2-7(15-6)10(13)14/h1-2,9H,3-5H2,(H,11,12). The summed E-state index contributed by atoms with van der Waals surface area (Å²) in [4.78, 5) is 19.8. The molecule has 1 rings (SSSR count). The molecule has 0 atom stereocenters. The van der Waals surface area contributed by atoms with E-state index in [-0.39, 0.29) is 18.8 Å². The Morgan fingerprint density at radius 3 is 2.87 bits per heavy atom. The summed E-state index contributed by atoms with van der Waals surface area (Å²) in [5, 5.41) is 21.4. The van der Waals surface area contributed by atoms with Crippen LogP contribution >= 0.6 is 0 Å². The van der Waals surface area contributed by atoms with E-state index in [1.807, 2.05) is 0 Å². The molecule has 0 spiro atoms. The van der Waals surface area contributed by atoms with Crippen LogP contribution in [-0.4, -0.2) is 22.5 Å². The van der Waals surface area contributed by atoms with Gasteiger partial charge in [0.2, 0.25) is 0 Å². The fourth-order valence-electron chi connectivity index (χ4n) is 0.967. The van der Waals surface area contributed by atoms with E-state index in [9.17, 15) is 14.9 Å². The van der Waals surface area contributed by atoms with Gasteiger partial charge in [0.1, 0.15) is 10.7 Å². The van der Waals surface area contributed by atoms with Crippen LogP contribution in [0, 0.1) is 10.1 Å². The van der Waals surface area contributed by atoms with Gasteiger partial charge in [0.25, 0.3) is 0 Å². The second-order valence-corrected chi connectivity index (χ2v) is 2.82. The van der Waals surface area contributed by atoms with E-state index < -0.39 is 10.9 Å². The quantitative estimate of drug-likeness (QED) is 0.411. The third-order valence-corrected chi connectivity index (χ3v) is 1.64. The lowest BCUT2D eigenvalue weighted by molar-refractivity contribution is -0.402. The highest BCUT2D eigenvalue weighted by atomic mass is 16.6. The van der Waals surface area contributed by atoms with Gasteiger partial charge in [-0.2, -0.15) is 0 Å². The maximum atomic E-state index is 10.2. The van der Waals surface area contributed by atoms with Crippen LogP contribution in [0.25, 0.3) is 0 Å². The van der Waals surface area contributed by atoms with Gasteiger partial charge in [0.05, 0.1) is 19.0 Å². The Morgan fingerprint density at radius 2 is 2.33 bits per heavy atom. The van der Waals surface area contributed by atoms with Gasteiger partial charge in [-0.05, 0) is 6.07 Å². The highest BCUT2D eigenvalue weighted by Crippen LogP contribution is 2.14. The number of hydrogen-bond donors (Lipinski definition) is 2. The van der Waals surface area contributed by atoms with Crippen molar-refractivity contribution in [2.45, 2.75) is 13.0 Å². The van der Waals surface area contributed by atoms with Crippen LogP contribution in [0.5, 0.6) is 0 Å². The predicted octanol–water partition coefficient (Wildman–Crippen LogP) is 0.752. The summed E-state index contributed by atoms with van der Waals surface area (Å²) in [6.07, 6.45) is 0.00278. The third-order valence-electron chi connectivity index (χ3n) is 1.64. The normalized spacial score (nSPS) is 10.1. The van der Waals surface area contributed by atoms with Gasteiger partial charge < -0.3 is 14.8 Å². The molecule has 0 saturated carbocycles. The number of aliphatic carboxylic acids is 1. The number of carboxylic acid groups (broad SMARTS) is 1. The molecule has 0 aliphatic rings. The van der Waals surface area contributed by atoms with Crippen LogP contribution in [0.4, 0.5) is 5.88 Å². The fraction of sp³-hybridized carbons (Fsp3) is 0.375. The van der Waals surface area contributed by atoms with Gasteiger partial charge in [0, 0.05) is 6.54 Å². The first-order valence-electron chi connectivity index (χ1n) is 4.25. The molecule has 7 nitrogen and oxygen atoms in total. The third kappa shape index (κ3) is 3.77. The number of nitrogens with zero attached hydrogens (tertiary/aromatic N) is 1. The van der Waals surface area contributed by atoms with E-state index >= 15 is 0 Å². The van der Waals surface area contributed by atoms with Crippen molar-refractivity contribution in [3.8, 4) is 0 Å². The molecule has 0 fully saturated rings. The summed E-state index contributed by atoms with van der Waals surface area (Å²) in [5.74, 6) is -0.801. The minimum absolute atomic E-state index is 0.00278. The first-order valence-corrected chi connectivity index (χ1v) is 4.25. The van der Waals surface area contributed by atoms with Gasteiger partial charge >= 0.3 is 11.9 Å². The van der Waals surface area contributed by atoms with Crippen LogP contribution < -0.4 is 5.32 Å². The van der Waals surface area contributed by atoms with E-state index in [0.717, 1.165) is 0 Å². The molecule has 0 aromatic carbocycles. The molecule has 15 heavy (non-hydrogen) atoms. The minimum atomic E-state index is -0.895. The molecule has 0 radical (unpaired) electrons. The van der Waals surface area contributed by atoms with Crippen LogP contribution in [0.15, 0.2) is 16.5 Å². The number of hydrogen-bond acceptors (Lipinski definition) is 5. The topological polar surface area (TPSA) is 106 Å². The van der Waals surface area contributed by atoms with Crippen molar-refractivity contribution in [3.63, 3.8) is 0 Å². The van der Waals surface area contributed by atoms with E-state index in [4.69, 9.17) is 9.52 Å². The zero-order chi connectivity index (χ0) is 11.3. The van der Waals surface area contributed by atoms with Crippen molar-refractivity contribution < 1.29 is 19.2 Å². The maximum Gasteiger partial charge on any atom is 0.433 e. The first kappa shape index (κ1) is 11.2. The van der Waals surface area contributed by atoms with Gasteiger partial charge in [-0.1, -0.05) is 0 Å². The molecule has 0 amide bonds. The van der Waals surface area contributed by atoms with Crippen molar-refractivity contribution in [2.24, 2.45) is 0 Å². The molecule has 82 valence electrons. The Kier molecular flexibility index (Phi) is 3.81. The molecule has 0 aliphatic heterocycles. The Labute approximate surface area is 84.8 Å². The van der Waals surface area contributed by atoms with Crippen molar-refractivity contribution in [3.05, 3.63) is 28.0 Å². The summed E-state index contributed by atoms with van der Waals surface area (Å²) < 4.78 is 4.84. The second-order valence-electron chi connectivity index (χ2n) is 2.82. The molecule has 1 heterocycles. The monoisotopic (exact) mass is 214 g/mol. The van der Waals surface area contributed by atoms with Gasteiger partial charge in [0.15, 0.2) is 0 Å². The molecule has 0 saturated heterocycles. The SMILES string of the molecule is O=C(O)CCNCc1ccc([N+](=O)[O-])o1. The summed E-state index contributed by atoms with van der Waals surface area (Å²) >= 11 is 0. The van der Waals surface area contributed by atoms with Gasteiger partial charge in [-0.15, -0.1) is 0 Å². The number of nitro groups is 1. The molecule has 1 aromatic heterocycles. The number of furan rings is 1. The zero-order valence-electron chi connectivity index (χ0n) is 7.80. The molecule has 1 aromatic rings. The predicted molar refractivity (Wildman–Crippen MR) is 49.3 cm³/mol. The second kappa shape index (κ2) is 5.11. The van der Waals surface area contributed by atoms with Crippen LogP contribution in [-0.2, 0) is 11.3 Å². The minimum Gasteiger partial charge on any atom is -0.481 e. The number of carbonyl (C=O) groups is 1. The van der Waals surface area contributed by atoms with Crippen LogP contribution in [0.3, 0.4) is 0 Å². The number of carboxylic acids is 1. The molecule has 0 aliphatic carbocycles. The first-order chi connectivity index (χ1) is 7.09. The van der Waals surface area contributed by atoms with Crippen molar-refractivity contribution >= 4 is 11.9 Å². The summed E-state index contributed by atoms with van der Waals surface area (Å²) in [6.45, 7) is 0.574. The van der Waals surface area contributed by atoms with Gasteiger partial charge in [-0.3, -0.25) is 14.9 Å². The van der Waals surface area contributed by atoms with E-state index in [1.54, 1.807) is 0 Å². The average Bonchev–Trinajstić information content (AvgIpc) is 2.60. The highest BCUT2D eigenvalue weighted by Gasteiger charge is 2.11. The van der Waals surface area contributed by atoms with Crippen molar-refractivity contribution in [1.82, 2.24) is 5.32 Å². The average molecular weight is 214 g/mol. The van der Waals surface area contributed by atoms with Crippen molar-refractivity contribution in [2.75, 3.05) is 6.54 Å². The molecular formula is C8H10N2O5. The Morgan fingerprint density at radius 1 is 1.60 bits per heavy atom. The summed E-state index contributed by atoms with van der Waals surface area (Å²) in [6, 6.07) is 2.74. The zero-order valence-corrected chi connectivity index (χ0v) is 7.80. The van der Waals surface area contributed by atoms with Gasteiger partial charge in [-0.25, -0.2) is 0 Å². The number of rotatable bonds is 6. The summed E-state index contributed by atoms with van der Waals surface area (Å²) in [7, 11) is 0. The molecule has 0 unspecified atom stereocenters. The van der Waals surface area contributed by atoms with Crippen LogP contribution in [0.2, 0.25) is 0 Å². The van der Waals surface area contributed by atoms with E-state index in [1.165, 1.54) is 12.1 Å². The van der Waals surface area contributed by atoms with Crippen LogP contribution in [0.1, 0.15) is 12.2 Å². The molecular weight excluding hydrogens is 204 g/mol. The highest BCUT2D eigenvalue weighted by molar-refractivity contribution is 5.66. The molecule has 0 bridgehead atoms. The van der Waals surface area contributed by atoms with E-state index in [0.29, 0.717) is 12.3 Å². The largest absolute Gasteiger partial charge is 0.481 e. The number of nitrogens with one attached hydrogen (secondary N) is 1. The lowest BCUT2D eigenvalue weighted by atomic mass is 10.4. The fourth-order valence-corrected chi connectivity index (χ4v) is 0.967. The molecule has 2 N–H and O–H groups in total. The lowest BCUT2D eigenvalue weighted by Crippen LogP contribution is -2.17. The van der Waals surface area contributed by atoms with E-state index in [2.05, 4.69) is 5.32 Å². The smallest absolute Gasteiger partial charge is 0.433 e.